The normalized spacial score (nSPS) is 13.8. The van der Waals surface area contributed by atoms with E-state index in [4.69, 9.17) is 4.74 Å². The molecule has 1 rings (SSSR count). The highest BCUT2D eigenvalue weighted by atomic mass is 16.6. The Kier molecular flexibility index (Phi) is 12.1. The summed E-state index contributed by atoms with van der Waals surface area (Å²) in [6.07, 6.45) is 0.762. The molecule has 1 aromatic rings. The van der Waals surface area contributed by atoms with Crippen LogP contribution >= 0.6 is 0 Å². The van der Waals surface area contributed by atoms with E-state index in [-0.39, 0.29) is 12.6 Å². The summed E-state index contributed by atoms with van der Waals surface area (Å²) in [5.74, 6) is -1.14. The van der Waals surface area contributed by atoms with Crippen molar-refractivity contribution in [2.45, 2.75) is 98.9 Å². The summed E-state index contributed by atoms with van der Waals surface area (Å²) >= 11 is 0. The summed E-state index contributed by atoms with van der Waals surface area (Å²) in [6.45, 7) is 16.4. The van der Waals surface area contributed by atoms with Crippen LogP contribution in [0.5, 0.6) is 0 Å². The Morgan fingerprint density at radius 3 is 2.14 bits per heavy atom. The third-order valence-electron chi connectivity index (χ3n) is 5.88. The summed E-state index contributed by atoms with van der Waals surface area (Å²) < 4.78 is 10.0. The van der Waals surface area contributed by atoms with Crippen molar-refractivity contribution in [3.05, 3.63) is 34.9 Å². The molecule has 2 N–H and O–H groups in total. The van der Waals surface area contributed by atoms with Crippen molar-refractivity contribution in [3.8, 4) is 0 Å². The molecule has 208 valence electrons. The van der Waals surface area contributed by atoms with E-state index in [1.54, 1.807) is 27.7 Å². The average molecular weight is 520 g/mol. The number of nitrogens with zero attached hydrogens (tertiary/aromatic N) is 1. The van der Waals surface area contributed by atoms with Crippen LogP contribution in [0, 0.1) is 19.8 Å². The number of methoxy groups -OCH3 is 1. The van der Waals surface area contributed by atoms with Crippen molar-refractivity contribution in [2.24, 2.45) is 5.92 Å². The van der Waals surface area contributed by atoms with Gasteiger partial charge in [0.1, 0.15) is 24.2 Å². The van der Waals surface area contributed by atoms with Crippen molar-refractivity contribution in [1.29, 1.82) is 0 Å². The highest BCUT2D eigenvalue weighted by Crippen LogP contribution is 2.30. The van der Waals surface area contributed by atoms with E-state index in [2.05, 4.69) is 29.2 Å². The quantitative estimate of drug-likeness (QED) is 0.424. The summed E-state index contributed by atoms with van der Waals surface area (Å²) in [4.78, 5) is 53.2. The molecule has 0 spiro atoms. The molecule has 3 atom stereocenters. The van der Waals surface area contributed by atoms with Crippen LogP contribution in [0.15, 0.2) is 18.2 Å². The first-order valence-corrected chi connectivity index (χ1v) is 12.8. The number of carbonyl (C=O) groups is 4. The van der Waals surface area contributed by atoms with Crippen LogP contribution in [0.3, 0.4) is 0 Å². The number of hydrogen-bond donors (Lipinski definition) is 2. The zero-order chi connectivity index (χ0) is 28.5. The Morgan fingerprint density at radius 2 is 1.62 bits per heavy atom. The van der Waals surface area contributed by atoms with E-state index < -0.39 is 41.6 Å². The van der Waals surface area contributed by atoms with Crippen LogP contribution in [0.2, 0.25) is 0 Å². The standard InChI is InChI=1S/C28H45N3O6/c1-17(2)11-13-20(5)31(26(34)21(6)30-27(35)37-28(7,8)9)24(25(33)29-16-23(32)36-10)22-14-12-18(3)15-19(22)4/h12,14-15,17,20-21,24H,11,13,16H2,1-10H3,(H,29,33)(H,30,35). The van der Waals surface area contributed by atoms with Crippen molar-refractivity contribution in [1.82, 2.24) is 15.5 Å². The Morgan fingerprint density at radius 1 is 1.00 bits per heavy atom. The zero-order valence-corrected chi connectivity index (χ0v) is 24.1. The number of carbonyl (C=O) groups excluding carboxylic acids is 4. The Bertz CT molecular complexity index is 954. The highest BCUT2D eigenvalue weighted by Gasteiger charge is 2.38. The van der Waals surface area contributed by atoms with Gasteiger partial charge in [-0.1, -0.05) is 37.6 Å². The minimum Gasteiger partial charge on any atom is -0.468 e. The molecule has 3 amide bonds. The summed E-state index contributed by atoms with van der Waals surface area (Å²) in [6, 6.07) is 3.33. The molecule has 1 aromatic carbocycles. The third-order valence-corrected chi connectivity index (χ3v) is 5.88. The maximum atomic E-state index is 13.9. The van der Waals surface area contributed by atoms with Gasteiger partial charge in [0.25, 0.3) is 0 Å². The minimum absolute atomic E-state index is 0.329. The molecule has 0 heterocycles. The second-order valence-corrected chi connectivity index (χ2v) is 11.0. The Hall–Kier alpha value is -3.10. The molecule has 0 aliphatic rings. The highest BCUT2D eigenvalue weighted by molar-refractivity contribution is 5.93. The third kappa shape index (κ3) is 10.4. The van der Waals surface area contributed by atoms with Gasteiger partial charge in [-0.05, 0) is 78.4 Å². The molecule has 0 bridgehead atoms. The van der Waals surface area contributed by atoms with Crippen molar-refractivity contribution in [2.75, 3.05) is 13.7 Å². The fourth-order valence-electron chi connectivity index (χ4n) is 3.96. The van der Waals surface area contributed by atoms with Gasteiger partial charge in [-0.2, -0.15) is 0 Å². The van der Waals surface area contributed by atoms with Gasteiger partial charge in [-0.15, -0.1) is 0 Å². The number of benzene rings is 1. The van der Waals surface area contributed by atoms with Gasteiger partial charge in [0.2, 0.25) is 11.8 Å². The first-order chi connectivity index (χ1) is 17.1. The summed E-state index contributed by atoms with van der Waals surface area (Å²) in [5, 5.41) is 5.23. The predicted molar refractivity (Wildman–Crippen MR) is 143 cm³/mol. The molecule has 0 aliphatic heterocycles. The van der Waals surface area contributed by atoms with Gasteiger partial charge in [0.05, 0.1) is 7.11 Å². The van der Waals surface area contributed by atoms with Crippen molar-refractivity contribution < 1.29 is 28.7 Å². The molecule has 0 fully saturated rings. The molecular weight excluding hydrogens is 474 g/mol. The number of amides is 3. The lowest BCUT2D eigenvalue weighted by Crippen LogP contribution is -2.55. The van der Waals surface area contributed by atoms with Crippen LogP contribution < -0.4 is 10.6 Å². The van der Waals surface area contributed by atoms with Gasteiger partial charge in [-0.3, -0.25) is 14.4 Å². The molecule has 9 heteroatoms. The topological polar surface area (TPSA) is 114 Å². The van der Waals surface area contributed by atoms with E-state index in [9.17, 15) is 19.2 Å². The van der Waals surface area contributed by atoms with E-state index in [1.165, 1.54) is 12.0 Å². The van der Waals surface area contributed by atoms with E-state index in [0.29, 0.717) is 17.9 Å². The number of nitrogens with one attached hydrogen (secondary N) is 2. The second-order valence-electron chi connectivity index (χ2n) is 11.0. The monoisotopic (exact) mass is 519 g/mol. The van der Waals surface area contributed by atoms with E-state index in [0.717, 1.165) is 17.5 Å². The predicted octanol–water partition coefficient (Wildman–Crippen LogP) is 4.20. The van der Waals surface area contributed by atoms with Crippen LogP contribution in [0.25, 0.3) is 0 Å². The van der Waals surface area contributed by atoms with Gasteiger partial charge in [0.15, 0.2) is 0 Å². The summed E-state index contributed by atoms with van der Waals surface area (Å²) in [7, 11) is 1.24. The molecule has 0 saturated carbocycles. The molecule has 3 unspecified atom stereocenters. The number of alkyl carbamates (subject to hydrolysis) is 1. The van der Waals surface area contributed by atoms with Crippen LogP contribution in [0.1, 0.15) is 84.0 Å². The van der Waals surface area contributed by atoms with Gasteiger partial charge >= 0.3 is 12.1 Å². The lowest BCUT2D eigenvalue weighted by molar-refractivity contribution is -0.146. The average Bonchev–Trinajstić information content (AvgIpc) is 2.77. The van der Waals surface area contributed by atoms with Gasteiger partial charge < -0.3 is 25.0 Å². The number of rotatable bonds is 11. The van der Waals surface area contributed by atoms with Crippen LogP contribution in [0.4, 0.5) is 4.79 Å². The Balaban J connectivity index is 3.51. The van der Waals surface area contributed by atoms with Crippen molar-refractivity contribution in [3.63, 3.8) is 0 Å². The minimum atomic E-state index is -1.03. The SMILES string of the molecule is COC(=O)CNC(=O)C(c1ccc(C)cc1C)N(C(=O)C(C)NC(=O)OC(C)(C)C)C(C)CCC(C)C. The molecule has 37 heavy (non-hydrogen) atoms. The fraction of sp³-hybridized carbons (Fsp3) is 0.643. The Labute approximate surface area is 221 Å². The first kappa shape index (κ1) is 31.9. The lowest BCUT2D eigenvalue weighted by atomic mass is 9.94. The molecule has 0 aliphatic carbocycles. The molecule has 0 saturated heterocycles. The maximum absolute atomic E-state index is 13.9. The largest absolute Gasteiger partial charge is 0.468 e. The van der Waals surface area contributed by atoms with Crippen LogP contribution in [-0.2, 0) is 23.9 Å². The fourth-order valence-corrected chi connectivity index (χ4v) is 3.96. The molecule has 0 radical (unpaired) electrons. The lowest BCUT2D eigenvalue weighted by Gasteiger charge is -2.38. The molecular formula is C28H45N3O6. The summed E-state index contributed by atoms with van der Waals surface area (Å²) in [5.41, 5.74) is 1.76. The number of hydrogen-bond acceptors (Lipinski definition) is 6. The zero-order valence-electron chi connectivity index (χ0n) is 24.1. The van der Waals surface area contributed by atoms with Gasteiger partial charge in [-0.25, -0.2) is 4.79 Å². The number of ether oxygens (including phenoxy) is 2. The van der Waals surface area contributed by atoms with Gasteiger partial charge in [0, 0.05) is 6.04 Å². The maximum Gasteiger partial charge on any atom is 0.408 e. The van der Waals surface area contributed by atoms with E-state index in [1.807, 2.05) is 39.0 Å². The first-order valence-electron chi connectivity index (χ1n) is 12.8. The second kappa shape index (κ2) is 14.0. The van der Waals surface area contributed by atoms with Crippen molar-refractivity contribution >= 4 is 23.9 Å². The molecule has 9 nitrogen and oxygen atoms in total. The van der Waals surface area contributed by atoms with Crippen LogP contribution in [-0.4, -0.2) is 60.1 Å². The molecule has 0 aromatic heterocycles. The smallest absolute Gasteiger partial charge is 0.408 e. The number of aryl methyl sites for hydroxylation is 2. The number of esters is 1. The van der Waals surface area contributed by atoms with E-state index >= 15 is 0 Å².